The van der Waals surface area contributed by atoms with E-state index in [1.807, 2.05) is 12.1 Å². The first-order valence-electron chi connectivity index (χ1n) is 10.1. The normalized spacial score (nSPS) is 10.5. The Morgan fingerprint density at radius 1 is 0.433 bits per heavy atom. The van der Waals surface area contributed by atoms with Crippen LogP contribution in [0, 0.1) is 0 Å². The van der Waals surface area contributed by atoms with E-state index in [4.69, 9.17) is 18.9 Å². The molecule has 4 heteroatoms. The summed E-state index contributed by atoms with van der Waals surface area (Å²) in [5.41, 5.74) is 5.08. The Morgan fingerprint density at radius 2 is 0.767 bits per heavy atom. The molecule has 0 aromatic heterocycles. The Hall–Kier alpha value is -3.14. The SMILES string of the molecule is COc1cc(CCc2cccc(CCc3cc(OC)cc(OC)c3)c2)cc(OC)c1. The quantitative estimate of drug-likeness (QED) is 0.458. The van der Waals surface area contributed by atoms with Crippen molar-refractivity contribution in [1.29, 1.82) is 0 Å². The summed E-state index contributed by atoms with van der Waals surface area (Å²) in [4.78, 5) is 0. The van der Waals surface area contributed by atoms with Gasteiger partial charge in [-0.2, -0.15) is 0 Å². The van der Waals surface area contributed by atoms with Gasteiger partial charge in [-0.25, -0.2) is 0 Å². The summed E-state index contributed by atoms with van der Waals surface area (Å²) >= 11 is 0. The van der Waals surface area contributed by atoms with E-state index in [0.717, 1.165) is 48.7 Å². The van der Waals surface area contributed by atoms with E-state index in [0.29, 0.717) is 0 Å². The fourth-order valence-corrected chi connectivity index (χ4v) is 3.54. The van der Waals surface area contributed by atoms with Crippen LogP contribution in [0.5, 0.6) is 23.0 Å². The van der Waals surface area contributed by atoms with Crippen LogP contribution in [0.4, 0.5) is 0 Å². The van der Waals surface area contributed by atoms with Crippen LogP contribution in [0.1, 0.15) is 22.3 Å². The zero-order valence-electron chi connectivity index (χ0n) is 18.2. The molecule has 0 saturated heterocycles. The molecular formula is C26H30O4. The van der Waals surface area contributed by atoms with Crippen molar-refractivity contribution >= 4 is 0 Å². The van der Waals surface area contributed by atoms with Crippen molar-refractivity contribution in [2.45, 2.75) is 25.7 Å². The number of rotatable bonds is 10. The maximum absolute atomic E-state index is 5.38. The van der Waals surface area contributed by atoms with Crippen molar-refractivity contribution in [2.24, 2.45) is 0 Å². The second-order valence-electron chi connectivity index (χ2n) is 7.26. The number of benzene rings is 3. The molecule has 0 radical (unpaired) electrons. The zero-order valence-corrected chi connectivity index (χ0v) is 18.2. The molecule has 0 heterocycles. The molecule has 0 N–H and O–H groups in total. The lowest BCUT2D eigenvalue weighted by Gasteiger charge is -2.10. The Kier molecular flexibility index (Phi) is 7.61. The van der Waals surface area contributed by atoms with E-state index in [2.05, 4.69) is 48.5 Å². The van der Waals surface area contributed by atoms with E-state index >= 15 is 0 Å². The minimum atomic E-state index is 0.826. The highest BCUT2D eigenvalue weighted by Crippen LogP contribution is 2.25. The van der Waals surface area contributed by atoms with Crippen LogP contribution in [-0.4, -0.2) is 28.4 Å². The molecule has 3 aromatic rings. The third kappa shape index (κ3) is 5.93. The molecule has 0 aliphatic heterocycles. The van der Waals surface area contributed by atoms with Crippen molar-refractivity contribution in [3.63, 3.8) is 0 Å². The molecule has 3 aromatic carbocycles. The number of aryl methyl sites for hydroxylation is 4. The van der Waals surface area contributed by atoms with Crippen LogP contribution in [-0.2, 0) is 25.7 Å². The van der Waals surface area contributed by atoms with E-state index in [1.54, 1.807) is 28.4 Å². The lowest BCUT2D eigenvalue weighted by Crippen LogP contribution is -1.97. The second-order valence-corrected chi connectivity index (χ2v) is 7.26. The summed E-state index contributed by atoms with van der Waals surface area (Å²) in [5.74, 6) is 3.30. The fourth-order valence-electron chi connectivity index (χ4n) is 3.54. The molecule has 0 atom stereocenters. The standard InChI is InChI=1S/C26H30O4/c1-27-23-13-21(14-24(17-23)28-2)10-8-19-6-5-7-20(12-19)9-11-22-15-25(29-3)18-26(16-22)30-4/h5-7,12-18H,8-11H2,1-4H3. The van der Waals surface area contributed by atoms with Crippen molar-refractivity contribution in [3.8, 4) is 23.0 Å². The van der Waals surface area contributed by atoms with Gasteiger partial charge in [-0.1, -0.05) is 24.3 Å². The van der Waals surface area contributed by atoms with Gasteiger partial charge < -0.3 is 18.9 Å². The number of hydrogen-bond donors (Lipinski definition) is 0. The Balaban J connectivity index is 1.64. The lowest BCUT2D eigenvalue weighted by atomic mass is 9.99. The van der Waals surface area contributed by atoms with E-state index in [9.17, 15) is 0 Å². The first kappa shape index (κ1) is 21.6. The molecule has 0 spiro atoms. The third-order valence-electron chi connectivity index (χ3n) is 5.22. The molecule has 0 unspecified atom stereocenters. The maximum Gasteiger partial charge on any atom is 0.122 e. The van der Waals surface area contributed by atoms with Crippen molar-refractivity contribution < 1.29 is 18.9 Å². The molecule has 0 fully saturated rings. The van der Waals surface area contributed by atoms with Gasteiger partial charge in [0.25, 0.3) is 0 Å². The van der Waals surface area contributed by atoms with Gasteiger partial charge in [-0.3, -0.25) is 0 Å². The highest BCUT2D eigenvalue weighted by atomic mass is 16.5. The summed E-state index contributed by atoms with van der Waals surface area (Å²) in [6.45, 7) is 0. The first-order valence-corrected chi connectivity index (χ1v) is 10.1. The van der Waals surface area contributed by atoms with Crippen LogP contribution in [0.2, 0.25) is 0 Å². The molecular weight excluding hydrogens is 376 g/mol. The van der Waals surface area contributed by atoms with E-state index in [1.165, 1.54) is 22.3 Å². The van der Waals surface area contributed by atoms with Gasteiger partial charge in [0.05, 0.1) is 28.4 Å². The van der Waals surface area contributed by atoms with Crippen LogP contribution in [0.25, 0.3) is 0 Å². The minimum Gasteiger partial charge on any atom is -0.497 e. The summed E-state index contributed by atoms with van der Waals surface area (Å²) in [7, 11) is 6.72. The Labute approximate surface area is 179 Å². The Morgan fingerprint density at radius 3 is 1.10 bits per heavy atom. The van der Waals surface area contributed by atoms with Gasteiger partial charge in [0.1, 0.15) is 23.0 Å². The average molecular weight is 407 g/mol. The molecule has 0 saturated carbocycles. The largest absolute Gasteiger partial charge is 0.497 e. The average Bonchev–Trinajstić information content (AvgIpc) is 2.81. The number of hydrogen-bond acceptors (Lipinski definition) is 4. The van der Waals surface area contributed by atoms with E-state index < -0.39 is 0 Å². The third-order valence-corrected chi connectivity index (χ3v) is 5.22. The second kappa shape index (κ2) is 10.6. The van der Waals surface area contributed by atoms with Crippen LogP contribution in [0.3, 0.4) is 0 Å². The smallest absolute Gasteiger partial charge is 0.122 e. The van der Waals surface area contributed by atoms with Crippen LogP contribution < -0.4 is 18.9 Å². The first-order chi connectivity index (χ1) is 14.6. The topological polar surface area (TPSA) is 36.9 Å². The molecule has 0 bridgehead atoms. The molecule has 0 aliphatic rings. The summed E-state index contributed by atoms with van der Waals surface area (Å²) < 4.78 is 21.5. The molecule has 3 rings (SSSR count). The van der Waals surface area contributed by atoms with Crippen molar-refractivity contribution in [2.75, 3.05) is 28.4 Å². The molecule has 0 amide bonds. The predicted molar refractivity (Wildman–Crippen MR) is 120 cm³/mol. The van der Waals surface area contributed by atoms with E-state index in [-0.39, 0.29) is 0 Å². The molecule has 30 heavy (non-hydrogen) atoms. The molecule has 4 nitrogen and oxygen atoms in total. The maximum atomic E-state index is 5.38. The fraction of sp³-hybridized carbons (Fsp3) is 0.308. The van der Waals surface area contributed by atoms with Gasteiger partial charge in [0, 0.05) is 12.1 Å². The summed E-state index contributed by atoms with van der Waals surface area (Å²) in [5, 5.41) is 0. The van der Waals surface area contributed by atoms with Gasteiger partial charge in [-0.15, -0.1) is 0 Å². The van der Waals surface area contributed by atoms with Gasteiger partial charge >= 0.3 is 0 Å². The Bertz CT molecular complexity index is 846. The highest BCUT2D eigenvalue weighted by Gasteiger charge is 2.05. The lowest BCUT2D eigenvalue weighted by molar-refractivity contribution is 0.393. The van der Waals surface area contributed by atoms with Gasteiger partial charge in [-0.05, 0) is 72.2 Å². The van der Waals surface area contributed by atoms with Crippen LogP contribution >= 0.6 is 0 Å². The number of methoxy groups -OCH3 is 4. The highest BCUT2D eigenvalue weighted by molar-refractivity contribution is 5.40. The summed E-state index contributed by atoms with van der Waals surface area (Å²) in [6, 6.07) is 20.9. The summed E-state index contributed by atoms with van der Waals surface area (Å²) in [6.07, 6.45) is 3.81. The number of ether oxygens (including phenoxy) is 4. The minimum absolute atomic E-state index is 0.826. The molecule has 158 valence electrons. The molecule has 0 aliphatic carbocycles. The van der Waals surface area contributed by atoms with Gasteiger partial charge in [0.2, 0.25) is 0 Å². The van der Waals surface area contributed by atoms with Crippen LogP contribution in [0.15, 0.2) is 60.7 Å². The van der Waals surface area contributed by atoms with Crippen molar-refractivity contribution in [1.82, 2.24) is 0 Å². The van der Waals surface area contributed by atoms with Crippen molar-refractivity contribution in [3.05, 3.63) is 82.9 Å². The predicted octanol–water partition coefficient (Wildman–Crippen LogP) is 5.29. The van der Waals surface area contributed by atoms with Gasteiger partial charge in [0.15, 0.2) is 0 Å². The monoisotopic (exact) mass is 406 g/mol. The zero-order chi connectivity index (χ0) is 21.3.